The van der Waals surface area contributed by atoms with Crippen LogP contribution in [0.4, 0.5) is 4.39 Å². The zero-order chi connectivity index (χ0) is 13.5. The van der Waals surface area contributed by atoms with E-state index in [2.05, 4.69) is 12.1 Å². The van der Waals surface area contributed by atoms with Crippen LogP contribution < -0.4 is 0 Å². The maximum absolute atomic E-state index is 13.1. The van der Waals surface area contributed by atoms with Gasteiger partial charge >= 0.3 is 0 Å². The molecule has 96 valence electrons. The summed E-state index contributed by atoms with van der Waals surface area (Å²) in [5.74, 6) is -0.117. The molecule has 0 saturated heterocycles. The van der Waals surface area contributed by atoms with Crippen molar-refractivity contribution in [3.63, 3.8) is 0 Å². The third-order valence-electron chi connectivity index (χ3n) is 4.17. The van der Waals surface area contributed by atoms with Crippen LogP contribution in [0.2, 0.25) is 0 Å². The van der Waals surface area contributed by atoms with Gasteiger partial charge in [0.15, 0.2) is 0 Å². The van der Waals surface area contributed by atoms with Gasteiger partial charge in [-0.05, 0) is 48.6 Å². The fourth-order valence-corrected chi connectivity index (χ4v) is 3.04. The lowest BCUT2D eigenvalue weighted by Gasteiger charge is -2.26. The van der Waals surface area contributed by atoms with Crippen LogP contribution in [0.3, 0.4) is 0 Å². The monoisotopic (exact) mass is 254 g/mol. The second kappa shape index (κ2) is 4.30. The highest BCUT2D eigenvalue weighted by Gasteiger charge is 2.42. The van der Waals surface area contributed by atoms with E-state index in [9.17, 15) is 9.18 Å². The molecule has 1 nitrogen and oxygen atoms in total. The zero-order valence-electron chi connectivity index (χ0n) is 10.8. The van der Waals surface area contributed by atoms with Crippen molar-refractivity contribution < 1.29 is 9.18 Å². The lowest BCUT2D eigenvalue weighted by atomic mass is 9.75. The number of carbonyl (C=O) groups excluding carboxylic acids is 1. The van der Waals surface area contributed by atoms with Gasteiger partial charge < -0.3 is 0 Å². The Hall–Kier alpha value is -1.96. The number of benzene rings is 2. The molecule has 3 rings (SSSR count). The van der Waals surface area contributed by atoms with E-state index in [1.165, 1.54) is 23.3 Å². The molecule has 2 heteroatoms. The Kier molecular flexibility index (Phi) is 2.74. The van der Waals surface area contributed by atoms with Crippen LogP contribution in [0, 0.1) is 5.82 Å². The van der Waals surface area contributed by atoms with Gasteiger partial charge in [0.2, 0.25) is 0 Å². The van der Waals surface area contributed by atoms with Crippen LogP contribution in [-0.4, -0.2) is 5.78 Å². The second-order valence-corrected chi connectivity index (χ2v) is 5.27. The van der Waals surface area contributed by atoms with E-state index >= 15 is 0 Å². The molecule has 0 atom stereocenters. The van der Waals surface area contributed by atoms with E-state index in [0.717, 1.165) is 5.56 Å². The molecule has 0 bridgehead atoms. The first-order chi connectivity index (χ1) is 9.12. The molecular formula is C17H15FO. The summed E-state index contributed by atoms with van der Waals surface area (Å²) in [4.78, 5) is 12.2. The quantitative estimate of drug-likeness (QED) is 0.802. The van der Waals surface area contributed by atoms with Crippen LogP contribution in [0.5, 0.6) is 0 Å². The van der Waals surface area contributed by atoms with Crippen LogP contribution in [0.15, 0.2) is 48.5 Å². The van der Waals surface area contributed by atoms with Crippen LogP contribution in [-0.2, 0) is 23.1 Å². The summed E-state index contributed by atoms with van der Waals surface area (Å²) in [7, 11) is 0. The summed E-state index contributed by atoms with van der Waals surface area (Å²) in [5, 5.41) is 0. The van der Waals surface area contributed by atoms with Gasteiger partial charge in [0.05, 0.1) is 5.41 Å². The molecule has 0 unspecified atom stereocenters. The third kappa shape index (κ3) is 1.88. The lowest BCUT2D eigenvalue weighted by molar-refractivity contribution is -0.122. The fourth-order valence-electron chi connectivity index (χ4n) is 3.04. The molecule has 2 aromatic rings. The summed E-state index contributed by atoms with van der Waals surface area (Å²) >= 11 is 0. The predicted octanol–water partition coefficient (Wildman–Crippen LogP) is 3.45. The predicted molar refractivity (Wildman–Crippen MR) is 72.6 cm³/mol. The Morgan fingerprint density at radius 3 is 2.00 bits per heavy atom. The SMILES string of the molecule is CC(=O)C1(c2ccc(F)cc2)Cc2ccccc2C1. The molecule has 0 aliphatic heterocycles. The van der Waals surface area contributed by atoms with E-state index in [-0.39, 0.29) is 11.6 Å². The number of carbonyl (C=O) groups is 1. The average Bonchev–Trinajstić information content (AvgIpc) is 2.80. The summed E-state index contributed by atoms with van der Waals surface area (Å²) in [6.07, 6.45) is 1.42. The van der Waals surface area contributed by atoms with Crippen molar-refractivity contribution in [1.29, 1.82) is 0 Å². The zero-order valence-corrected chi connectivity index (χ0v) is 10.8. The first-order valence-corrected chi connectivity index (χ1v) is 6.46. The number of ketones is 1. The smallest absolute Gasteiger partial charge is 0.141 e. The average molecular weight is 254 g/mol. The number of Topliss-reactive ketones (excluding diaryl/α,β-unsaturated/α-hetero) is 1. The standard InChI is InChI=1S/C17H15FO/c1-12(19)17(15-6-8-16(18)9-7-15)10-13-4-2-3-5-14(13)11-17/h2-9H,10-11H2,1H3. The van der Waals surface area contributed by atoms with Crippen molar-refractivity contribution in [3.05, 3.63) is 71.0 Å². The summed E-state index contributed by atoms with van der Waals surface area (Å²) in [5.41, 5.74) is 2.85. The van der Waals surface area contributed by atoms with E-state index in [1.807, 2.05) is 12.1 Å². The Morgan fingerprint density at radius 2 is 1.53 bits per heavy atom. The van der Waals surface area contributed by atoms with Crippen molar-refractivity contribution in [1.82, 2.24) is 0 Å². The minimum atomic E-state index is -0.516. The molecule has 0 saturated carbocycles. The van der Waals surface area contributed by atoms with Gasteiger partial charge in [-0.3, -0.25) is 4.79 Å². The maximum atomic E-state index is 13.1. The van der Waals surface area contributed by atoms with E-state index in [1.54, 1.807) is 19.1 Å². The van der Waals surface area contributed by atoms with Crippen molar-refractivity contribution in [2.75, 3.05) is 0 Å². The Balaban J connectivity index is 2.09. The van der Waals surface area contributed by atoms with Gasteiger partial charge in [-0.1, -0.05) is 36.4 Å². The first-order valence-electron chi connectivity index (χ1n) is 6.46. The molecule has 0 N–H and O–H groups in total. The fraction of sp³-hybridized carbons (Fsp3) is 0.235. The largest absolute Gasteiger partial charge is 0.299 e. The summed E-state index contributed by atoms with van der Waals surface area (Å²) in [6.45, 7) is 1.63. The van der Waals surface area contributed by atoms with E-state index < -0.39 is 5.41 Å². The molecule has 19 heavy (non-hydrogen) atoms. The maximum Gasteiger partial charge on any atom is 0.141 e. The number of fused-ring (bicyclic) bond motifs is 1. The topological polar surface area (TPSA) is 17.1 Å². The number of hydrogen-bond acceptors (Lipinski definition) is 1. The van der Waals surface area contributed by atoms with Gasteiger partial charge in [0, 0.05) is 0 Å². The second-order valence-electron chi connectivity index (χ2n) is 5.27. The summed E-state index contributed by atoms with van der Waals surface area (Å²) in [6, 6.07) is 14.5. The van der Waals surface area contributed by atoms with Gasteiger partial charge in [0.25, 0.3) is 0 Å². The molecular weight excluding hydrogens is 239 g/mol. The molecule has 0 heterocycles. The van der Waals surface area contributed by atoms with Crippen LogP contribution in [0.25, 0.3) is 0 Å². The minimum Gasteiger partial charge on any atom is -0.299 e. The molecule has 0 radical (unpaired) electrons. The molecule has 0 aromatic heterocycles. The minimum absolute atomic E-state index is 0.148. The van der Waals surface area contributed by atoms with E-state index in [0.29, 0.717) is 12.8 Å². The molecule has 1 aliphatic rings. The lowest BCUT2D eigenvalue weighted by Crippen LogP contribution is -2.35. The normalized spacial score (nSPS) is 16.1. The van der Waals surface area contributed by atoms with E-state index in [4.69, 9.17) is 0 Å². The van der Waals surface area contributed by atoms with Crippen molar-refractivity contribution in [3.8, 4) is 0 Å². The number of rotatable bonds is 2. The van der Waals surface area contributed by atoms with Gasteiger partial charge in [0.1, 0.15) is 11.6 Å². The number of hydrogen-bond donors (Lipinski definition) is 0. The molecule has 2 aromatic carbocycles. The Bertz CT molecular complexity index is 603. The highest BCUT2D eigenvalue weighted by atomic mass is 19.1. The first kappa shape index (κ1) is 12.1. The van der Waals surface area contributed by atoms with Crippen LogP contribution >= 0.6 is 0 Å². The van der Waals surface area contributed by atoms with Crippen molar-refractivity contribution >= 4 is 5.78 Å². The molecule has 0 spiro atoms. The van der Waals surface area contributed by atoms with Gasteiger partial charge in [-0.25, -0.2) is 4.39 Å². The van der Waals surface area contributed by atoms with Gasteiger partial charge in [-0.2, -0.15) is 0 Å². The highest BCUT2D eigenvalue weighted by Crippen LogP contribution is 2.40. The molecule has 0 fully saturated rings. The van der Waals surface area contributed by atoms with Crippen molar-refractivity contribution in [2.24, 2.45) is 0 Å². The Morgan fingerprint density at radius 1 is 1.00 bits per heavy atom. The third-order valence-corrected chi connectivity index (χ3v) is 4.17. The van der Waals surface area contributed by atoms with Crippen molar-refractivity contribution in [2.45, 2.75) is 25.2 Å². The molecule has 0 amide bonds. The highest BCUT2D eigenvalue weighted by molar-refractivity contribution is 5.90. The summed E-state index contributed by atoms with van der Waals surface area (Å²) < 4.78 is 13.1. The van der Waals surface area contributed by atoms with Crippen LogP contribution in [0.1, 0.15) is 23.6 Å². The number of halogens is 1. The Labute approximate surface area is 112 Å². The molecule has 1 aliphatic carbocycles. The van der Waals surface area contributed by atoms with Gasteiger partial charge in [-0.15, -0.1) is 0 Å².